The molecule has 1 aliphatic carbocycles. The van der Waals surface area contributed by atoms with Gasteiger partial charge in [0.05, 0.1) is 24.2 Å². The molecule has 7 heteroatoms. The number of pyridine rings is 1. The second-order valence-corrected chi connectivity index (χ2v) is 10.0. The molecule has 1 N–H and O–H groups in total. The molecule has 1 aromatic carbocycles. The zero-order valence-corrected chi connectivity index (χ0v) is 18.7. The zero-order chi connectivity index (χ0) is 21.7. The first-order valence-electron chi connectivity index (χ1n) is 10.9. The third-order valence-electron chi connectivity index (χ3n) is 6.68. The zero-order valence-electron chi connectivity index (χ0n) is 17.9. The number of aryl methyl sites for hydroxylation is 1. The van der Waals surface area contributed by atoms with E-state index in [4.69, 9.17) is 4.74 Å². The van der Waals surface area contributed by atoms with Gasteiger partial charge in [0.15, 0.2) is 0 Å². The average molecular weight is 445 g/mol. The number of hydrogen-bond acceptors (Lipinski definition) is 5. The molecule has 4 heterocycles. The van der Waals surface area contributed by atoms with Gasteiger partial charge in [-0.3, -0.25) is 4.79 Å². The molecule has 0 bridgehead atoms. The van der Waals surface area contributed by atoms with E-state index in [9.17, 15) is 4.79 Å². The third-order valence-corrected chi connectivity index (χ3v) is 7.50. The highest BCUT2D eigenvalue weighted by atomic mass is 32.1. The Morgan fingerprint density at radius 3 is 2.75 bits per heavy atom. The van der Waals surface area contributed by atoms with Gasteiger partial charge in [-0.1, -0.05) is 24.3 Å². The highest BCUT2D eigenvalue weighted by Crippen LogP contribution is 2.46. The lowest BCUT2D eigenvalue weighted by Gasteiger charge is -2.53. The standard InChI is InChI=1S/C25H24N4O2S/c1-29-8-6-20-22(29)18(10-16-2-4-17(5-3-16)24-26-7-9-32-24)11-21(28-20)23(30)27-19-12-25(13-19)14-31-15-25/h2-9,11,19H,10,12-15H2,1H3,(H,27,30). The van der Waals surface area contributed by atoms with Crippen molar-refractivity contribution in [3.63, 3.8) is 0 Å². The maximum Gasteiger partial charge on any atom is 0.270 e. The Morgan fingerprint density at radius 2 is 2.06 bits per heavy atom. The summed E-state index contributed by atoms with van der Waals surface area (Å²) in [4.78, 5) is 22.0. The van der Waals surface area contributed by atoms with Crippen LogP contribution in [0.3, 0.4) is 0 Å². The third kappa shape index (κ3) is 3.42. The molecule has 1 saturated heterocycles. The van der Waals surface area contributed by atoms with Gasteiger partial charge in [0.25, 0.3) is 5.91 Å². The first kappa shape index (κ1) is 19.6. The first-order chi connectivity index (χ1) is 15.6. The molecule has 0 atom stereocenters. The van der Waals surface area contributed by atoms with E-state index in [1.165, 1.54) is 5.56 Å². The fraction of sp³-hybridized carbons (Fsp3) is 0.320. The number of benzene rings is 1. The average Bonchev–Trinajstić information content (AvgIpc) is 3.40. The number of thiazole rings is 1. The molecule has 1 saturated carbocycles. The van der Waals surface area contributed by atoms with Gasteiger partial charge in [0, 0.05) is 41.8 Å². The lowest BCUT2D eigenvalue weighted by Crippen LogP contribution is -2.59. The minimum atomic E-state index is -0.0868. The quantitative estimate of drug-likeness (QED) is 0.501. The summed E-state index contributed by atoms with van der Waals surface area (Å²) in [6.45, 7) is 1.66. The van der Waals surface area contributed by atoms with E-state index in [-0.39, 0.29) is 11.9 Å². The predicted molar refractivity (Wildman–Crippen MR) is 125 cm³/mol. The normalized spacial score (nSPS) is 17.3. The number of hydrogen-bond donors (Lipinski definition) is 1. The summed E-state index contributed by atoms with van der Waals surface area (Å²) >= 11 is 1.64. The van der Waals surface area contributed by atoms with E-state index in [0.29, 0.717) is 11.1 Å². The van der Waals surface area contributed by atoms with Crippen molar-refractivity contribution < 1.29 is 9.53 Å². The molecule has 162 valence electrons. The summed E-state index contributed by atoms with van der Waals surface area (Å²) in [5.41, 5.74) is 6.15. The van der Waals surface area contributed by atoms with Crippen molar-refractivity contribution in [1.82, 2.24) is 19.9 Å². The molecule has 1 spiro atoms. The van der Waals surface area contributed by atoms with Gasteiger partial charge in [-0.25, -0.2) is 9.97 Å². The summed E-state index contributed by atoms with van der Waals surface area (Å²) in [6.07, 6.45) is 6.57. The van der Waals surface area contributed by atoms with Crippen LogP contribution in [0.25, 0.3) is 21.6 Å². The van der Waals surface area contributed by atoms with Crippen molar-refractivity contribution >= 4 is 28.3 Å². The van der Waals surface area contributed by atoms with E-state index in [2.05, 4.69) is 44.1 Å². The molecule has 1 amide bonds. The lowest BCUT2D eigenvalue weighted by molar-refractivity contribution is -0.165. The first-order valence-corrected chi connectivity index (χ1v) is 11.8. The molecule has 6 rings (SSSR count). The minimum absolute atomic E-state index is 0.0868. The van der Waals surface area contributed by atoms with Gasteiger partial charge in [-0.05, 0) is 42.5 Å². The Balaban J connectivity index is 1.25. The van der Waals surface area contributed by atoms with E-state index in [0.717, 1.165) is 59.6 Å². The Hall–Kier alpha value is -3.03. The Kier molecular flexibility index (Phi) is 4.62. The van der Waals surface area contributed by atoms with Crippen LogP contribution in [0.5, 0.6) is 0 Å². The van der Waals surface area contributed by atoms with Crippen LogP contribution < -0.4 is 5.32 Å². The second-order valence-electron chi connectivity index (χ2n) is 9.11. The largest absolute Gasteiger partial charge is 0.380 e. The number of rotatable bonds is 5. The van der Waals surface area contributed by atoms with E-state index in [1.54, 1.807) is 11.3 Å². The maximum absolute atomic E-state index is 13.0. The number of fused-ring (bicyclic) bond motifs is 1. The van der Waals surface area contributed by atoms with Crippen LogP contribution in [0, 0.1) is 5.41 Å². The van der Waals surface area contributed by atoms with E-state index >= 15 is 0 Å². The number of carbonyl (C=O) groups excluding carboxylic acids is 1. The molecule has 4 aromatic rings. The van der Waals surface area contributed by atoms with Gasteiger partial charge < -0.3 is 14.6 Å². The van der Waals surface area contributed by atoms with Crippen LogP contribution in [-0.2, 0) is 18.2 Å². The number of nitrogens with zero attached hydrogens (tertiary/aromatic N) is 3. The molecule has 32 heavy (non-hydrogen) atoms. The number of aromatic nitrogens is 3. The maximum atomic E-state index is 13.0. The smallest absolute Gasteiger partial charge is 0.270 e. The van der Waals surface area contributed by atoms with Crippen molar-refractivity contribution in [3.05, 3.63) is 71.0 Å². The molecule has 0 unspecified atom stereocenters. The molecule has 6 nitrogen and oxygen atoms in total. The van der Waals surface area contributed by atoms with Crippen molar-refractivity contribution in [3.8, 4) is 10.6 Å². The number of ether oxygens (including phenoxy) is 1. The van der Waals surface area contributed by atoms with Crippen molar-refractivity contribution in [2.24, 2.45) is 12.5 Å². The van der Waals surface area contributed by atoms with Crippen molar-refractivity contribution in [1.29, 1.82) is 0 Å². The molecule has 2 fully saturated rings. The summed E-state index contributed by atoms with van der Waals surface area (Å²) in [7, 11) is 2.02. The highest BCUT2D eigenvalue weighted by Gasteiger charge is 2.50. The molecular formula is C25H24N4O2S. The fourth-order valence-corrected chi connectivity index (χ4v) is 5.61. The minimum Gasteiger partial charge on any atom is -0.380 e. The van der Waals surface area contributed by atoms with Gasteiger partial charge in [0.1, 0.15) is 10.7 Å². The van der Waals surface area contributed by atoms with Gasteiger partial charge in [0.2, 0.25) is 0 Å². The number of amides is 1. The van der Waals surface area contributed by atoms with Crippen LogP contribution in [0.1, 0.15) is 34.5 Å². The summed E-state index contributed by atoms with van der Waals surface area (Å²) < 4.78 is 7.42. The molecule has 2 aliphatic rings. The van der Waals surface area contributed by atoms with Gasteiger partial charge >= 0.3 is 0 Å². The predicted octanol–water partition coefficient (Wildman–Crippen LogP) is 4.20. The Morgan fingerprint density at radius 1 is 1.25 bits per heavy atom. The fourth-order valence-electron chi connectivity index (χ4n) is 4.97. The summed E-state index contributed by atoms with van der Waals surface area (Å²) in [5, 5.41) is 6.18. The van der Waals surface area contributed by atoms with Gasteiger partial charge in [-0.15, -0.1) is 11.3 Å². The van der Waals surface area contributed by atoms with Crippen LogP contribution in [0.2, 0.25) is 0 Å². The molecule has 0 radical (unpaired) electrons. The molecular weight excluding hydrogens is 420 g/mol. The summed E-state index contributed by atoms with van der Waals surface area (Å²) in [6, 6.07) is 12.7. The second kappa shape index (κ2) is 7.53. The highest BCUT2D eigenvalue weighted by molar-refractivity contribution is 7.13. The number of nitrogens with one attached hydrogen (secondary N) is 1. The monoisotopic (exact) mass is 444 g/mol. The topological polar surface area (TPSA) is 69.0 Å². The van der Waals surface area contributed by atoms with E-state index in [1.807, 2.05) is 37.0 Å². The Bertz CT molecular complexity index is 1280. The van der Waals surface area contributed by atoms with Crippen LogP contribution in [-0.4, -0.2) is 39.7 Å². The van der Waals surface area contributed by atoms with Crippen LogP contribution >= 0.6 is 11.3 Å². The lowest BCUT2D eigenvalue weighted by atomic mass is 9.64. The van der Waals surface area contributed by atoms with Crippen molar-refractivity contribution in [2.75, 3.05) is 13.2 Å². The number of carbonyl (C=O) groups is 1. The summed E-state index contributed by atoms with van der Waals surface area (Å²) in [5.74, 6) is -0.0868. The van der Waals surface area contributed by atoms with Gasteiger partial charge in [-0.2, -0.15) is 0 Å². The SMILES string of the molecule is Cn1ccc2nc(C(=O)NC3CC4(COC4)C3)cc(Cc3ccc(-c4nccs4)cc3)c21. The van der Waals surface area contributed by atoms with Crippen LogP contribution in [0.15, 0.2) is 54.2 Å². The molecule has 3 aromatic heterocycles. The van der Waals surface area contributed by atoms with E-state index < -0.39 is 0 Å². The van der Waals surface area contributed by atoms with Crippen molar-refractivity contribution in [2.45, 2.75) is 25.3 Å². The molecule has 1 aliphatic heterocycles. The Labute approximate surface area is 190 Å². The van der Waals surface area contributed by atoms with Crippen LogP contribution in [0.4, 0.5) is 0 Å².